The Hall–Kier alpha value is -4.05. The summed E-state index contributed by atoms with van der Waals surface area (Å²) in [6.45, 7) is 8.14. The van der Waals surface area contributed by atoms with Crippen molar-refractivity contribution in [2.45, 2.75) is 70.5 Å². The number of piperazine rings is 1. The number of carbonyl (C=O) groups is 1. The highest BCUT2D eigenvalue weighted by atomic mass is 16.5. The van der Waals surface area contributed by atoms with Gasteiger partial charge in [-0.1, -0.05) is 48.5 Å². The van der Waals surface area contributed by atoms with Crippen LogP contribution in [0.3, 0.4) is 0 Å². The topological polar surface area (TPSA) is 110 Å². The first-order valence-electron chi connectivity index (χ1n) is 15.6. The lowest BCUT2D eigenvalue weighted by Gasteiger charge is -2.37. The quantitative estimate of drug-likeness (QED) is 0.256. The van der Waals surface area contributed by atoms with Crippen molar-refractivity contribution in [3.63, 3.8) is 0 Å². The maximum Gasteiger partial charge on any atom is 0.255 e. The third-order valence-corrected chi connectivity index (χ3v) is 8.95. The number of pyridine rings is 1. The number of hydrogen-bond donors (Lipinski definition) is 3. The third kappa shape index (κ3) is 7.01. The van der Waals surface area contributed by atoms with Gasteiger partial charge in [0, 0.05) is 62.3 Å². The van der Waals surface area contributed by atoms with Gasteiger partial charge in [0.2, 0.25) is 0 Å². The predicted molar refractivity (Wildman–Crippen MR) is 174 cm³/mol. The zero-order chi connectivity index (χ0) is 30.6. The minimum absolute atomic E-state index is 0.0525. The molecule has 2 aromatic carbocycles. The number of nitrogen functional groups attached to an aromatic ring is 1. The van der Waals surface area contributed by atoms with Gasteiger partial charge in [0.05, 0.1) is 30.5 Å². The number of anilines is 1. The van der Waals surface area contributed by atoms with Gasteiger partial charge >= 0.3 is 0 Å². The number of hydrogen-bond acceptors (Lipinski definition) is 7. The van der Waals surface area contributed by atoms with Crippen molar-refractivity contribution in [2.75, 3.05) is 18.8 Å². The Balaban J connectivity index is 1.03. The molecule has 1 amide bonds. The average Bonchev–Trinajstić information content (AvgIpc) is 3.67. The van der Waals surface area contributed by atoms with E-state index in [1.165, 1.54) is 16.7 Å². The van der Waals surface area contributed by atoms with Gasteiger partial charge in [0.1, 0.15) is 5.82 Å². The first-order chi connectivity index (χ1) is 21.3. The summed E-state index contributed by atoms with van der Waals surface area (Å²) in [4.78, 5) is 20.1. The molecule has 0 bridgehead atoms. The molecule has 230 valence electrons. The van der Waals surface area contributed by atoms with Crippen LogP contribution in [0.25, 0.3) is 22.3 Å². The SMILES string of the molecule is C[C@@H]1CN(Cc2ccc(-c3ccc(CO[C@H]4CCC[C@@H]4NC(=O)c4cc(-c5cnn(C)c5)cnc4N)cc3)cc2)[C@@H](C)CN1. The fraction of sp³-hybridized carbons (Fsp3) is 0.400. The van der Waals surface area contributed by atoms with Crippen LogP contribution in [-0.2, 0) is 24.9 Å². The van der Waals surface area contributed by atoms with Crippen LogP contribution in [-0.4, -0.2) is 62.9 Å². The summed E-state index contributed by atoms with van der Waals surface area (Å²) >= 11 is 0. The number of benzene rings is 2. The second kappa shape index (κ2) is 13.3. The normalized spacial score (nSPS) is 22.2. The van der Waals surface area contributed by atoms with Gasteiger partial charge in [0.25, 0.3) is 5.91 Å². The van der Waals surface area contributed by atoms with Crippen molar-refractivity contribution in [1.82, 2.24) is 30.3 Å². The molecule has 9 nitrogen and oxygen atoms in total. The van der Waals surface area contributed by atoms with Gasteiger partial charge in [-0.25, -0.2) is 4.98 Å². The Morgan fingerprint density at radius 1 is 1.00 bits per heavy atom. The van der Waals surface area contributed by atoms with Gasteiger partial charge in [-0.05, 0) is 61.4 Å². The predicted octanol–water partition coefficient (Wildman–Crippen LogP) is 4.78. The molecule has 44 heavy (non-hydrogen) atoms. The van der Waals surface area contributed by atoms with E-state index in [0.29, 0.717) is 24.3 Å². The van der Waals surface area contributed by atoms with Crippen LogP contribution in [0.1, 0.15) is 54.6 Å². The van der Waals surface area contributed by atoms with Crippen LogP contribution in [0, 0.1) is 0 Å². The van der Waals surface area contributed by atoms with E-state index in [1.54, 1.807) is 23.1 Å². The van der Waals surface area contributed by atoms with E-state index >= 15 is 0 Å². The van der Waals surface area contributed by atoms with Crippen molar-refractivity contribution in [3.8, 4) is 22.3 Å². The van der Waals surface area contributed by atoms with Crippen molar-refractivity contribution < 1.29 is 9.53 Å². The Morgan fingerprint density at radius 3 is 2.43 bits per heavy atom. The maximum atomic E-state index is 13.2. The molecule has 3 heterocycles. The van der Waals surface area contributed by atoms with Gasteiger partial charge in [-0.2, -0.15) is 5.10 Å². The first kappa shape index (κ1) is 30.0. The summed E-state index contributed by atoms with van der Waals surface area (Å²) in [6, 6.07) is 20.3. The van der Waals surface area contributed by atoms with Crippen LogP contribution in [0.4, 0.5) is 5.82 Å². The molecule has 2 aromatic heterocycles. The van der Waals surface area contributed by atoms with E-state index in [9.17, 15) is 4.79 Å². The van der Waals surface area contributed by atoms with Gasteiger partial charge in [-0.3, -0.25) is 14.4 Å². The molecule has 4 aromatic rings. The van der Waals surface area contributed by atoms with Crippen LogP contribution in [0.5, 0.6) is 0 Å². The number of amides is 1. The molecule has 4 atom stereocenters. The molecule has 4 N–H and O–H groups in total. The minimum atomic E-state index is -0.228. The largest absolute Gasteiger partial charge is 0.383 e. The molecule has 1 saturated carbocycles. The highest BCUT2D eigenvalue weighted by molar-refractivity contribution is 5.99. The van der Waals surface area contributed by atoms with Crippen LogP contribution >= 0.6 is 0 Å². The van der Waals surface area contributed by atoms with E-state index in [1.807, 2.05) is 13.2 Å². The highest BCUT2D eigenvalue weighted by Crippen LogP contribution is 2.27. The Bertz CT molecular complexity index is 1570. The monoisotopic (exact) mass is 593 g/mol. The lowest BCUT2D eigenvalue weighted by molar-refractivity contribution is 0.0272. The molecule has 1 aliphatic carbocycles. The van der Waals surface area contributed by atoms with E-state index in [0.717, 1.165) is 55.6 Å². The number of carbonyl (C=O) groups excluding carboxylic acids is 1. The lowest BCUT2D eigenvalue weighted by Crippen LogP contribution is -2.53. The Morgan fingerprint density at radius 2 is 1.73 bits per heavy atom. The number of nitrogens with one attached hydrogen (secondary N) is 2. The van der Waals surface area contributed by atoms with Gasteiger partial charge in [-0.15, -0.1) is 0 Å². The molecule has 2 fully saturated rings. The molecule has 0 spiro atoms. The Labute approximate surface area is 259 Å². The van der Waals surface area contributed by atoms with E-state index in [2.05, 4.69) is 88.0 Å². The van der Waals surface area contributed by atoms with E-state index < -0.39 is 0 Å². The standard InChI is InChI=1S/C35H43N7O2/c1-23-19-42(24(2)16-37-23)20-25-7-11-27(12-8-25)28-13-9-26(10-14-28)22-44-33-6-4-5-32(33)40-35(43)31-15-29(17-38-34(31)36)30-18-39-41(3)21-30/h7-15,17-18,21,23-24,32-33,37H,4-6,16,19-20,22H2,1-3H3,(H2,36,38)(H,40,43)/t23-,24+,32+,33+/m1/s1. The summed E-state index contributed by atoms with van der Waals surface area (Å²) in [7, 11) is 1.85. The minimum Gasteiger partial charge on any atom is -0.383 e. The number of aryl methyl sites for hydroxylation is 1. The molecule has 1 saturated heterocycles. The smallest absolute Gasteiger partial charge is 0.255 e. The maximum absolute atomic E-state index is 13.2. The van der Waals surface area contributed by atoms with Crippen LogP contribution < -0.4 is 16.4 Å². The fourth-order valence-electron chi connectivity index (χ4n) is 6.27. The number of aromatic nitrogens is 3. The van der Waals surface area contributed by atoms with Crippen LogP contribution in [0.2, 0.25) is 0 Å². The third-order valence-electron chi connectivity index (χ3n) is 8.95. The fourth-order valence-corrected chi connectivity index (χ4v) is 6.27. The van der Waals surface area contributed by atoms with E-state index in [-0.39, 0.29) is 23.9 Å². The molecule has 9 heteroatoms. The molecule has 6 rings (SSSR count). The highest BCUT2D eigenvalue weighted by Gasteiger charge is 2.30. The van der Waals surface area contributed by atoms with Crippen LogP contribution in [0.15, 0.2) is 73.2 Å². The van der Waals surface area contributed by atoms with Gasteiger partial charge in [0.15, 0.2) is 0 Å². The average molecular weight is 594 g/mol. The molecule has 2 aliphatic rings. The zero-order valence-electron chi connectivity index (χ0n) is 25.9. The summed E-state index contributed by atoms with van der Waals surface area (Å²) in [6.07, 6.45) is 8.02. The molecular formula is C35H43N7O2. The second-order valence-corrected chi connectivity index (χ2v) is 12.4. The van der Waals surface area contributed by atoms with Crippen molar-refractivity contribution in [1.29, 1.82) is 0 Å². The zero-order valence-corrected chi connectivity index (χ0v) is 25.9. The molecule has 0 unspecified atom stereocenters. The summed E-state index contributed by atoms with van der Waals surface area (Å²) in [5, 5.41) is 10.9. The van der Waals surface area contributed by atoms with Crippen molar-refractivity contribution >= 4 is 11.7 Å². The summed E-state index contributed by atoms with van der Waals surface area (Å²) in [5.74, 6) is -0.0160. The lowest BCUT2D eigenvalue weighted by atomic mass is 10.0. The first-order valence-corrected chi connectivity index (χ1v) is 15.6. The van der Waals surface area contributed by atoms with Crippen molar-refractivity contribution in [3.05, 3.63) is 89.9 Å². The molecule has 1 aliphatic heterocycles. The number of ether oxygens (including phenoxy) is 1. The molecule has 0 radical (unpaired) electrons. The summed E-state index contributed by atoms with van der Waals surface area (Å²) < 4.78 is 8.05. The number of rotatable bonds is 9. The Kier molecular flexibility index (Phi) is 9.07. The van der Waals surface area contributed by atoms with E-state index in [4.69, 9.17) is 10.5 Å². The number of nitrogens with zero attached hydrogens (tertiary/aromatic N) is 4. The van der Waals surface area contributed by atoms with Gasteiger partial charge < -0.3 is 21.1 Å². The molecular weight excluding hydrogens is 550 g/mol. The summed E-state index contributed by atoms with van der Waals surface area (Å²) in [5.41, 5.74) is 13.0. The second-order valence-electron chi connectivity index (χ2n) is 12.4. The van der Waals surface area contributed by atoms with Crippen molar-refractivity contribution in [2.24, 2.45) is 7.05 Å². The number of nitrogens with two attached hydrogens (primary N) is 1.